The van der Waals surface area contributed by atoms with E-state index in [0.29, 0.717) is 22.0 Å². The predicted octanol–water partition coefficient (Wildman–Crippen LogP) is 4.40. The van der Waals surface area contributed by atoms with Crippen molar-refractivity contribution in [1.29, 1.82) is 0 Å². The quantitative estimate of drug-likeness (QED) is 0.566. The van der Waals surface area contributed by atoms with Crippen LogP contribution in [0, 0.1) is 11.7 Å². The smallest absolute Gasteiger partial charge is 0.253 e. The van der Waals surface area contributed by atoms with Gasteiger partial charge in [-0.05, 0) is 42.0 Å². The molecule has 1 aliphatic rings. The third kappa shape index (κ3) is 5.21. The van der Waals surface area contributed by atoms with Crippen molar-refractivity contribution in [2.24, 2.45) is 5.92 Å². The predicted molar refractivity (Wildman–Crippen MR) is 125 cm³/mol. The number of rotatable bonds is 6. The molecule has 0 saturated carbocycles. The molecule has 0 bridgehead atoms. The van der Waals surface area contributed by atoms with Crippen LogP contribution in [-0.4, -0.2) is 24.3 Å². The Bertz CT molecular complexity index is 1200. The van der Waals surface area contributed by atoms with Crippen LogP contribution >= 0.6 is 11.6 Å². The monoisotopic (exact) mass is 465 g/mol. The second-order valence-corrected chi connectivity index (χ2v) is 8.11. The van der Waals surface area contributed by atoms with E-state index in [-0.39, 0.29) is 43.0 Å². The molecule has 4 rings (SSSR count). The van der Waals surface area contributed by atoms with E-state index >= 15 is 0 Å². The van der Waals surface area contributed by atoms with Crippen LogP contribution in [0.2, 0.25) is 5.02 Å². The highest BCUT2D eigenvalue weighted by molar-refractivity contribution is 6.34. The highest BCUT2D eigenvalue weighted by atomic mass is 35.5. The Kier molecular flexibility index (Phi) is 6.70. The van der Waals surface area contributed by atoms with Crippen molar-refractivity contribution < 1.29 is 18.8 Å². The summed E-state index contributed by atoms with van der Waals surface area (Å²) in [7, 11) is 0. The molecule has 1 heterocycles. The highest BCUT2D eigenvalue weighted by Gasteiger charge is 2.36. The number of hydrogen-bond acceptors (Lipinski definition) is 3. The standard InChI is InChI=1S/C25H21ClFN3O3/c26-20-6-2-4-8-22(20)30-15-17(13-23(30)31)24(32)29-21-7-3-1-5-19(21)25(33)28-14-16-9-11-18(27)12-10-16/h1-12,17H,13-15H2,(H,28,33)(H,29,32)/t17-/m0/s1. The van der Waals surface area contributed by atoms with Crippen molar-refractivity contribution in [3.63, 3.8) is 0 Å². The average molecular weight is 466 g/mol. The Morgan fingerprint density at radius 2 is 1.70 bits per heavy atom. The first-order valence-corrected chi connectivity index (χ1v) is 10.8. The molecule has 6 nitrogen and oxygen atoms in total. The lowest BCUT2D eigenvalue weighted by atomic mass is 10.1. The lowest BCUT2D eigenvalue weighted by molar-refractivity contribution is -0.122. The summed E-state index contributed by atoms with van der Waals surface area (Å²) in [6.45, 7) is 0.415. The molecule has 8 heteroatoms. The van der Waals surface area contributed by atoms with Gasteiger partial charge >= 0.3 is 0 Å². The minimum absolute atomic E-state index is 0.0516. The number of halogens is 2. The molecule has 0 aliphatic carbocycles. The fourth-order valence-electron chi connectivity index (χ4n) is 3.69. The largest absolute Gasteiger partial charge is 0.348 e. The van der Waals surface area contributed by atoms with Crippen LogP contribution in [0.5, 0.6) is 0 Å². The Morgan fingerprint density at radius 1 is 1.00 bits per heavy atom. The molecule has 0 aromatic heterocycles. The van der Waals surface area contributed by atoms with E-state index in [4.69, 9.17) is 11.6 Å². The Balaban J connectivity index is 1.42. The van der Waals surface area contributed by atoms with Crippen LogP contribution in [0.4, 0.5) is 15.8 Å². The fourth-order valence-corrected chi connectivity index (χ4v) is 3.93. The summed E-state index contributed by atoms with van der Waals surface area (Å²) < 4.78 is 13.1. The molecular weight excluding hydrogens is 445 g/mol. The maximum absolute atomic E-state index is 13.1. The number of para-hydroxylation sites is 2. The molecule has 0 radical (unpaired) electrons. The van der Waals surface area contributed by atoms with Gasteiger partial charge in [-0.1, -0.05) is 48.0 Å². The van der Waals surface area contributed by atoms with Gasteiger partial charge in [0.1, 0.15) is 5.82 Å². The van der Waals surface area contributed by atoms with Crippen molar-refractivity contribution in [3.8, 4) is 0 Å². The zero-order chi connectivity index (χ0) is 23.4. The molecule has 33 heavy (non-hydrogen) atoms. The second kappa shape index (κ2) is 9.83. The molecule has 0 spiro atoms. The number of nitrogens with zero attached hydrogens (tertiary/aromatic N) is 1. The van der Waals surface area contributed by atoms with Crippen molar-refractivity contribution >= 4 is 40.7 Å². The van der Waals surface area contributed by atoms with Crippen molar-refractivity contribution in [2.75, 3.05) is 16.8 Å². The van der Waals surface area contributed by atoms with Crippen LogP contribution < -0.4 is 15.5 Å². The summed E-state index contributed by atoms with van der Waals surface area (Å²) in [5.74, 6) is -1.85. The Hall–Kier alpha value is -3.71. The fraction of sp³-hybridized carbons (Fsp3) is 0.160. The van der Waals surface area contributed by atoms with Crippen LogP contribution in [-0.2, 0) is 16.1 Å². The van der Waals surface area contributed by atoms with Crippen molar-refractivity contribution in [2.45, 2.75) is 13.0 Å². The molecule has 1 saturated heterocycles. The summed E-state index contributed by atoms with van der Waals surface area (Å²) in [6.07, 6.45) is 0.0516. The number of benzene rings is 3. The van der Waals surface area contributed by atoms with Crippen LogP contribution in [0.1, 0.15) is 22.3 Å². The molecule has 3 amide bonds. The van der Waals surface area contributed by atoms with Gasteiger partial charge < -0.3 is 15.5 Å². The number of amides is 3. The number of carbonyl (C=O) groups is 3. The van der Waals surface area contributed by atoms with Crippen molar-refractivity contribution in [3.05, 3.63) is 94.8 Å². The zero-order valence-corrected chi connectivity index (χ0v) is 18.3. The average Bonchev–Trinajstić information content (AvgIpc) is 3.20. The Labute approximate surface area is 195 Å². The number of hydrogen-bond donors (Lipinski definition) is 2. The lowest BCUT2D eigenvalue weighted by Crippen LogP contribution is -2.29. The van der Waals surface area contributed by atoms with E-state index in [1.165, 1.54) is 17.0 Å². The SMILES string of the molecule is O=C(NCc1ccc(F)cc1)c1ccccc1NC(=O)[C@H]1CC(=O)N(c2ccccc2Cl)C1. The topological polar surface area (TPSA) is 78.5 Å². The molecule has 1 atom stereocenters. The van der Waals surface area contributed by atoms with E-state index in [9.17, 15) is 18.8 Å². The third-order valence-electron chi connectivity index (χ3n) is 5.43. The number of carbonyl (C=O) groups excluding carboxylic acids is 3. The number of nitrogens with one attached hydrogen (secondary N) is 2. The van der Waals surface area contributed by atoms with Gasteiger partial charge in [0.25, 0.3) is 5.91 Å². The molecular formula is C25H21ClFN3O3. The van der Waals surface area contributed by atoms with Gasteiger partial charge in [0, 0.05) is 19.5 Å². The maximum Gasteiger partial charge on any atom is 0.253 e. The second-order valence-electron chi connectivity index (χ2n) is 7.70. The van der Waals surface area contributed by atoms with E-state index in [2.05, 4.69) is 10.6 Å². The minimum atomic E-state index is -0.580. The van der Waals surface area contributed by atoms with Gasteiger partial charge in [0.15, 0.2) is 0 Å². The van der Waals surface area contributed by atoms with Gasteiger partial charge in [0.05, 0.1) is 27.9 Å². The van der Waals surface area contributed by atoms with Gasteiger partial charge in [-0.25, -0.2) is 4.39 Å². The normalized spacial score (nSPS) is 15.4. The van der Waals surface area contributed by atoms with Crippen LogP contribution in [0.15, 0.2) is 72.8 Å². The molecule has 1 aliphatic heterocycles. The van der Waals surface area contributed by atoms with Gasteiger partial charge in [-0.3, -0.25) is 14.4 Å². The van der Waals surface area contributed by atoms with E-state index < -0.39 is 5.92 Å². The summed E-state index contributed by atoms with van der Waals surface area (Å²) in [5.41, 5.74) is 1.96. The summed E-state index contributed by atoms with van der Waals surface area (Å²) in [4.78, 5) is 39.7. The first-order valence-electron chi connectivity index (χ1n) is 10.4. The molecule has 2 N–H and O–H groups in total. The van der Waals surface area contributed by atoms with Gasteiger partial charge in [-0.15, -0.1) is 0 Å². The molecule has 3 aromatic rings. The molecule has 1 fully saturated rings. The van der Waals surface area contributed by atoms with E-state index in [1.807, 2.05) is 0 Å². The van der Waals surface area contributed by atoms with Gasteiger partial charge in [0.2, 0.25) is 11.8 Å². The third-order valence-corrected chi connectivity index (χ3v) is 5.75. The molecule has 0 unspecified atom stereocenters. The van der Waals surface area contributed by atoms with E-state index in [1.54, 1.807) is 60.7 Å². The van der Waals surface area contributed by atoms with Crippen molar-refractivity contribution in [1.82, 2.24) is 5.32 Å². The van der Waals surface area contributed by atoms with Crippen LogP contribution in [0.3, 0.4) is 0 Å². The number of anilines is 2. The molecule has 3 aromatic carbocycles. The zero-order valence-electron chi connectivity index (χ0n) is 17.6. The Morgan fingerprint density at radius 3 is 2.45 bits per heavy atom. The first kappa shape index (κ1) is 22.5. The minimum Gasteiger partial charge on any atom is -0.348 e. The summed E-state index contributed by atoms with van der Waals surface area (Å²) in [5, 5.41) is 5.99. The highest BCUT2D eigenvalue weighted by Crippen LogP contribution is 2.31. The summed E-state index contributed by atoms with van der Waals surface area (Å²) in [6, 6.07) is 19.4. The van der Waals surface area contributed by atoms with Gasteiger partial charge in [-0.2, -0.15) is 0 Å². The lowest BCUT2D eigenvalue weighted by Gasteiger charge is -2.18. The first-order chi connectivity index (χ1) is 15.9. The summed E-state index contributed by atoms with van der Waals surface area (Å²) >= 11 is 6.21. The molecule has 168 valence electrons. The van der Waals surface area contributed by atoms with Crippen LogP contribution in [0.25, 0.3) is 0 Å². The van der Waals surface area contributed by atoms with E-state index in [0.717, 1.165) is 5.56 Å². The maximum atomic E-state index is 13.1.